The van der Waals surface area contributed by atoms with E-state index in [1.807, 2.05) is 37.3 Å². The van der Waals surface area contributed by atoms with E-state index in [9.17, 15) is 9.59 Å². The lowest BCUT2D eigenvalue weighted by Gasteiger charge is -2.07. The molecular weight excluding hydrogens is 330 g/mol. The van der Waals surface area contributed by atoms with Crippen LogP contribution in [0, 0.1) is 13.8 Å². The van der Waals surface area contributed by atoms with Crippen LogP contribution >= 0.6 is 0 Å². The summed E-state index contributed by atoms with van der Waals surface area (Å²) in [5, 5.41) is 12.2. The van der Waals surface area contributed by atoms with Crippen LogP contribution in [0.2, 0.25) is 0 Å². The third-order valence-electron chi connectivity index (χ3n) is 4.32. The number of hydrogen-bond acceptors (Lipinski definition) is 4. The Kier molecular flexibility index (Phi) is 5.16. The fourth-order valence-electron chi connectivity index (χ4n) is 2.94. The van der Waals surface area contributed by atoms with E-state index in [0.29, 0.717) is 23.1 Å². The predicted octanol–water partition coefficient (Wildman–Crippen LogP) is 2.12. The molecule has 2 heterocycles. The summed E-state index contributed by atoms with van der Waals surface area (Å²) in [5.74, 6) is -0.208. The van der Waals surface area contributed by atoms with Crippen molar-refractivity contribution >= 4 is 16.8 Å². The molecule has 0 fully saturated rings. The highest BCUT2D eigenvalue weighted by atomic mass is 16.2. The van der Waals surface area contributed by atoms with Gasteiger partial charge in [-0.25, -0.2) is 9.36 Å². The van der Waals surface area contributed by atoms with Crippen LogP contribution in [0.5, 0.6) is 0 Å². The molecule has 1 aromatic carbocycles. The van der Waals surface area contributed by atoms with Crippen molar-refractivity contribution in [3.63, 3.8) is 0 Å². The summed E-state index contributed by atoms with van der Waals surface area (Å²) >= 11 is 0. The van der Waals surface area contributed by atoms with E-state index in [1.54, 1.807) is 11.6 Å². The molecule has 7 heteroatoms. The molecule has 7 nitrogen and oxygen atoms in total. The molecule has 3 rings (SSSR count). The van der Waals surface area contributed by atoms with Crippen LogP contribution in [0.3, 0.4) is 0 Å². The van der Waals surface area contributed by atoms with Gasteiger partial charge in [0, 0.05) is 6.54 Å². The van der Waals surface area contributed by atoms with Gasteiger partial charge in [0.05, 0.1) is 22.5 Å². The van der Waals surface area contributed by atoms with Gasteiger partial charge in [-0.05, 0) is 32.4 Å². The highest BCUT2D eigenvalue weighted by Gasteiger charge is 2.18. The summed E-state index contributed by atoms with van der Waals surface area (Å²) in [6, 6.07) is 9.64. The molecule has 0 saturated carbocycles. The van der Waals surface area contributed by atoms with Crippen molar-refractivity contribution in [3.8, 4) is 5.69 Å². The molecule has 0 bridgehead atoms. The molecule has 1 N–H and O–H groups in total. The molecule has 0 aliphatic heterocycles. The van der Waals surface area contributed by atoms with E-state index >= 15 is 0 Å². The van der Waals surface area contributed by atoms with Crippen molar-refractivity contribution in [2.24, 2.45) is 0 Å². The second-order valence-electron chi connectivity index (χ2n) is 6.31. The Hall–Kier alpha value is -2.96. The average molecular weight is 353 g/mol. The van der Waals surface area contributed by atoms with Crippen LogP contribution in [0.15, 0.2) is 35.1 Å². The Balaban J connectivity index is 2.01. The Bertz CT molecular complexity index is 989. The average Bonchev–Trinajstić information content (AvgIpc) is 2.98. The van der Waals surface area contributed by atoms with Crippen molar-refractivity contribution in [2.75, 3.05) is 6.54 Å². The van der Waals surface area contributed by atoms with Gasteiger partial charge in [0.1, 0.15) is 12.1 Å². The number of hydrogen-bond donors (Lipinski definition) is 1. The minimum atomic E-state index is -0.295. The summed E-state index contributed by atoms with van der Waals surface area (Å²) < 4.78 is 2.97. The van der Waals surface area contributed by atoms with E-state index in [-0.39, 0.29) is 18.0 Å². The number of benzene rings is 1. The number of unbranched alkanes of at least 4 members (excludes halogenated alkanes) is 1. The number of aryl methyl sites for hydroxylation is 2. The Morgan fingerprint density at radius 1 is 1.15 bits per heavy atom. The topological polar surface area (TPSA) is 81.8 Å². The summed E-state index contributed by atoms with van der Waals surface area (Å²) in [5.41, 5.74) is 2.51. The van der Waals surface area contributed by atoms with Gasteiger partial charge in [-0.3, -0.25) is 9.59 Å². The number of carbonyl (C=O) groups is 1. The maximum atomic E-state index is 12.9. The van der Waals surface area contributed by atoms with E-state index in [2.05, 4.69) is 22.4 Å². The smallest absolute Gasteiger partial charge is 0.278 e. The van der Waals surface area contributed by atoms with Crippen molar-refractivity contribution < 1.29 is 4.79 Å². The van der Waals surface area contributed by atoms with E-state index in [0.717, 1.165) is 24.2 Å². The third-order valence-corrected chi connectivity index (χ3v) is 4.32. The van der Waals surface area contributed by atoms with Crippen LogP contribution < -0.4 is 10.9 Å². The van der Waals surface area contributed by atoms with Gasteiger partial charge < -0.3 is 5.32 Å². The lowest BCUT2D eigenvalue weighted by Crippen LogP contribution is -2.34. The Labute approximate surface area is 151 Å². The molecular formula is C19H23N5O2. The van der Waals surface area contributed by atoms with Gasteiger partial charge in [-0.2, -0.15) is 10.2 Å². The zero-order valence-electron chi connectivity index (χ0n) is 15.3. The first kappa shape index (κ1) is 17.8. The molecule has 1 amide bonds. The fourth-order valence-corrected chi connectivity index (χ4v) is 2.94. The second-order valence-corrected chi connectivity index (χ2v) is 6.31. The molecule has 0 atom stereocenters. The molecule has 3 aromatic rings. The molecule has 0 aliphatic rings. The van der Waals surface area contributed by atoms with Crippen molar-refractivity contribution in [3.05, 3.63) is 52.1 Å². The largest absolute Gasteiger partial charge is 0.354 e. The second kappa shape index (κ2) is 7.51. The van der Waals surface area contributed by atoms with Gasteiger partial charge >= 0.3 is 0 Å². The van der Waals surface area contributed by atoms with Gasteiger partial charge in [0.15, 0.2) is 0 Å². The minimum Gasteiger partial charge on any atom is -0.354 e. The fraction of sp³-hybridized carbons (Fsp3) is 0.368. The first-order valence-corrected chi connectivity index (χ1v) is 8.82. The summed E-state index contributed by atoms with van der Waals surface area (Å²) in [7, 11) is 0. The maximum absolute atomic E-state index is 12.9. The van der Waals surface area contributed by atoms with Gasteiger partial charge in [0.25, 0.3) is 5.56 Å². The van der Waals surface area contributed by atoms with Crippen LogP contribution in [-0.2, 0) is 11.3 Å². The summed E-state index contributed by atoms with van der Waals surface area (Å²) in [4.78, 5) is 24.9. The lowest BCUT2D eigenvalue weighted by molar-refractivity contribution is -0.121. The highest BCUT2D eigenvalue weighted by Crippen LogP contribution is 2.19. The number of nitrogens with one attached hydrogen (secondary N) is 1. The third kappa shape index (κ3) is 3.37. The number of carbonyl (C=O) groups excluding carboxylic acids is 1. The summed E-state index contributed by atoms with van der Waals surface area (Å²) in [6.45, 7) is 6.23. The van der Waals surface area contributed by atoms with Gasteiger partial charge in [-0.15, -0.1) is 0 Å². The van der Waals surface area contributed by atoms with E-state index in [4.69, 9.17) is 0 Å². The monoisotopic (exact) mass is 353 g/mol. The molecule has 136 valence electrons. The number of fused-ring (bicyclic) bond motifs is 1. The quantitative estimate of drug-likeness (QED) is 0.688. The van der Waals surface area contributed by atoms with Crippen LogP contribution in [0.25, 0.3) is 16.6 Å². The molecule has 0 radical (unpaired) electrons. The SMILES string of the molecule is CCCCNC(=O)Cn1nc(C)c2nn(-c3ccccc3)c(C)c2c1=O. The van der Waals surface area contributed by atoms with Crippen molar-refractivity contribution in [1.29, 1.82) is 0 Å². The summed E-state index contributed by atoms with van der Waals surface area (Å²) in [6.07, 6.45) is 1.91. The zero-order chi connectivity index (χ0) is 18.7. The number of para-hydroxylation sites is 1. The normalized spacial score (nSPS) is 11.0. The van der Waals surface area contributed by atoms with Gasteiger partial charge in [-0.1, -0.05) is 31.5 Å². The minimum absolute atomic E-state index is 0.0880. The highest BCUT2D eigenvalue weighted by molar-refractivity contribution is 5.83. The molecule has 0 saturated heterocycles. The lowest BCUT2D eigenvalue weighted by atomic mass is 10.2. The Morgan fingerprint density at radius 2 is 1.88 bits per heavy atom. The van der Waals surface area contributed by atoms with Crippen LogP contribution in [0.4, 0.5) is 0 Å². The number of aromatic nitrogens is 4. The molecule has 0 aliphatic carbocycles. The van der Waals surface area contributed by atoms with Gasteiger partial charge in [0.2, 0.25) is 5.91 Å². The van der Waals surface area contributed by atoms with Crippen LogP contribution in [-0.4, -0.2) is 32.0 Å². The first-order valence-electron chi connectivity index (χ1n) is 8.82. The van der Waals surface area contributed by atoms with Crippen molar-refractivity contribution in [1.82, 2.24) is 24.9 Å². The predicted molar refractivity (Wildman–Crippen MR) is 101 cm³/mol. The zero-order valence-corrected chi connectivity index (χ0v) is 15.3. The molecule has 0 unspecified atom stereocenters. The number of amides is 1. The Morgan fingerprint density at radius 3 is 2.58 bits per heavy atom. The van der Waals surface area contributed by atoms with E-state index in [1.165, 1.54) is 4.68 Å². The molecule has 0 spiro atoms. The van der Waals surface area contributed by atoms with Crippen LogP contribution in [0.1, 0.15) is 31.2 Å². The van der Waals surface area contributed by atoms with Crippen molar-refractivity contribution in [2.45, 2.75) is 40.2 Å². The van der Waals surface area contributed by atoms with E-state index < -0.39 is 0 Å². The first-order chi connectivity index (χ1) is 12.5. The number of nitrogens with zero attached hydrogens (tertiary/aromatic N) is 4. The molecule has 26 heavy (non-hydrogen) atoms. The standard InChI is InChI=1S/C19H23N5O2/c1-4-5-11-20-16(25)12-23-19(26)17-14(3)24(15-9-7-6-8-10-15)22-18(17)13(2)21-23/h6-10H,4-5,11-12H2,1-3H3,(H,20,25). The maximum Gasteiger partial charge on any atom is 0.278 e. The molecule has 2 aromatic heterocycles. The number of rotatable bonds is 6.